The second kappa shape index (κ2) is 4.04. The Kier molecular flexibility index (Phi) is 2.83. The van der Waals surface area contributed by atoms with Gasteiger partial charge in [0.15, 0.2) is 0 Å². The van der Waals surface area contributed by atoms with Crippen molar-refractivity contribution in [2.75, 3.05) is 5.32 Å². The first-order valence-corrected chi connectivity index (χ1v) is 5.83. The van der Waals surface area contributed by atoms with Crippen molar-refractivity contribution in [2.24, 2.45) is 5.73 Å². The van der Waals surface area contributed by atoms with Gasteiger partial charge in [0, 0.05) is 11.3 Å². The Hall–Kier alpha value is -1.55. The van der Waals surface area contributed by atoms with Crippen molar-refractivity contribution < 1.29 is 9.90 Å². The number of phenols is 1. The van der Waals surface area contributed by atoms with Gasteiger partial charge in [-0.25, -0.2) is 0 Å². The minimum Gasteiger partial charge on any atom is -0.507 e. The summed E-state index contributed by atoms with van der Waals surface area (Å²) < 4.78 is 0. The van der Waals surface area contributed by atoms with Crippen molar-refractivity contribution in [1.29, 1.82) is 0 Å². The molecule has 1 saturated carbocycles. The molecule has 0 radical (unpaired) electrons. The van der Waals surface area contributed by atoms with Crippen LogP contribution in [-0.2, 0) is 4.79 Å². The van der Waals surface area contributed by atoms with E-state index >= 15 is 0 Å². The number of amides is 1. The maximum Gasteiger partial charge on any atom is 0.244 e. The molecule has 4 nitrogen and oxygen atoms in total. The fourth-order valence-electron chi connectivity index (χ4n) is 2.00. The average Bonchev–Trinajstić information content (AvgIpc) is 2.26. The van der Waals surface area contributed by atoms with Crippen LogP contribution in [0.3, 0.4) is 0 Å². The first-order valence-electron chi connectivity index (χ1n) is 5.83. The van der Waals surface area contributed by atoms with E-state index in [1.165, 1.54) is 0 Å². The molecule has 4 heteroatoms. The number of hydrogen-bond donors (Lipinski definition) is 3. The van der Waals surface area contributed by atoms with Crippen molar-refractivity contribution in [3.8, 4) is 5.75 Å². The van der Waals surface area contributed by atoms with E-state index in [0.29, 0.717) is 11.3 Å². The first-order chi connectivity index (χ1) is 7.94. The molecule has 0 aromatic heterocycles. The molecule has 0 atom stereocenters. The summed E-state index contributed by atoms with van der Waals surface area (Å²) >= 11 is 0. The van der Waals surface area contributed by atoms with E-state index in [-0.39, 0.29) is 11.7 Å². The molecule has 1 aromatic carbocycles. The van der Waals surface area contributed by atoms with E-state index in [0.717, 1.165) is 24.8 Å². The van der Waals surface area contributed by atoms with E-state index in [4.69, 9.17) is 5.73 Å². The van der Waals surface area contributed by atoms with Crippen molar-refractivity contribution in [3.63, 3.8) is 0 Å². The molecule has 1 aliphatic carbocycles. The lowest BCUT2D eigenvalue weighted by Gasteiger charge is -2.36. The lowest BCUT2D eigenvalue weighted by molar-refractivity contribution is -0.123. The summed E-state index contributed by atoms with van der Waals surface area (Å²) in [6.07, 6.45) is 2.47. The summed E-state index contributed by atoms with van der Waals surface area (Å²) in [5.41, 5.74) is 7.34. The highest BCUT2D eigenvalue weighted by Crippen LogP contribution is 2.32. The van der Waals surface area contributed by atoms with Crippen LogP contribution < -0.4 is 11.1 Å². The predicted octanol–water partition coefficient (Wildman–Crippen LogP) is 1.83. The normalized spacial score (nSPS) is 17.4. The third-order valence-corrected chi connectivity index (χ3v) is 3.58. The molecule has 0 heterocycles. The molecule has 1 amide bonds. The van der Waals surface area contributed by atoms with Gasteiger partial charge in [0.25, 0.3) is 0 Å². The summed E-state index contributed by atoms with van der Waals surface area (Å²) in [6, 6.07) is 3.58. The molecule has 1 fully saturated rings. The molecular weight excluding hydrogens is 216 g/mol. The van der Waals surface area contributed by atoms with E-state index in [1.807, 2.05) is 6.92 Å². The van der Waals surface area contributed by atoms with Crippen LogP contribution in [0.2, 0.25) is 0 Å². The summed E-state index contributed by atoms with van der Waals surface area (Å²) in [5, 5.41) is 12.6. The molecule has 0 unspecified atom stereocenters. The van der Waals surface area contributed by atoms with Crippen molar-refractivity contribution in [1.82, 2.24) is 0 Å². The molecule has 17 heavy (non-hydrogen) atoms. The Labute approximate surface area is 101 Å². The highest BCUT2D eigenvalue weighted by atomic mass is 16.3. The number of aromatic hydroxyl groups is 1. The lowest BCUT2D eigenvalue weighted by atomic mass is 9.77. The van der Waals surface area contributed by atoms with Crippen molar-refractivity contribution in [2.45, 2.75) is 38.6 Å². The number of rotatable bonds is 2. The van der Waals surface area contributed by atoms with Gasteiger partial charge in [0.1, 0.15) is 5.75 Å². The number of phenolic OH excluding ortho intramolecular Hbond substituents is 1. The largest absolute Gasteiger partial charge is 0.507 e. The fourth-order valence-corrected chi connectivity index (χ4v) is 2.00. The maximum absolute atomic E-state index is 11.9. The summed E-state index contributed by atoms with van der Waals surface area (Å²) in [4.78, 5) is 11.9. The summed E-state index contributed by atoms with van der Waals surface area (Å²) in [5.74, 6) is 0.0672. The number of nitrogens with one attached hydrogen (secondary N) is 1. The third-order valence-electron chi connectivity index (χ3n) is 3.58. The maximum atomic E-state index is 11.9. The molecule has 2 rings (SSSR count). The van der Waals surface area contributed by atoms with Crippen LogP contribution in [0, 0.1) is 13.8 Å². The Morgan fingerprint density at radius 2 is 2.06 bits per heavy atom. The zero-order valence-electron chi connectivity index (χ0n) is 10.2. The van der Waals surface area contributed by atoms with Crippen LogP contribution in [0.15, 0.2) is 12.1 Å². The third kappa shape index (κ3) is 2.00. The quantitative estimate of drug-likeness (QED) is 0.730. The lowest BCUT2D eigenvalue weighted by Crippen LogP contribution is -2.56. The zero-order valence-corrected chi connectivity index (χ0v) is 10.2. The van der Waals surface area contributed by atoms with Crippen molar-refractivity contribution in [3.05, 3.63) is 23.3 Å². The van der Waals surface area contributed by atoms with E-state index in [2.05, 4.69) is 5.32 Å². The minimum absolute atomic E-state index is 0.157. The molecule has 0 aliphatic heterocycles. The Balaban J connectivity index is 2.19. The van der Waals surface area contributed by atoms with Gasteiger partial charge in [0.05, 0.1) is 5.54 Å². The Morgan fingerprint density at radius 3 is 2.59 bits per heavy atom. The van der Waals surface area contributed by atoms with Gasteiger partial charge in [0.2, 0.25) is 5.91 Å². The standard InChI is InChI=1S/C13H18N2O2/c1-8-4-5-10(9(2)11(8)16)15-12(17)13(14)6-3-7-13/h4-5,16H,3,6-7,14H2,1-2H3,(H,15,17). The zero-order chi connectivity index (χ0) is 12.6. The molecule has 4 N–H and O–H groups in total. The Morgan fingerprint density at radius 1 is 1.41 bits per heavy atom. The first kappa shape index (κ1) is 11.9. The second-order valence-corrected chi connectivity index (χ2v) is 4.87. The van der Waals surface area contributed by atoms with Gasteiger partial charge in [-0.2, -0.15) is 0 Å². The number of carbonyl (C=O) groups is 1. The van der Waals surface area contributed by atoms with E-state index in [9.17, 15) is 9.90 Å². The fraction of sp³-hybridized carbons (Fsp3) is 0.462. The minimum atomic E-state index is -0.715. The number of carbonyl (C=O) groups excluding carboxylic acids is 1. The van der Waals surface area contributed by atoms with Gasteiger partial charge in [-0.15, -0.1) is 0 Å². The summed E-state index contributed by atoms with van der Waals surface area (Å²) in [6.45, 7) is 3.60. The molecule has 0 spiro atoms. The van der Waals surface area contributed by atoms with Crippen LogP contribution in [0.25, 0.3) is 0 Å². The van der Waals surface area contributed by atoms with Crippen LogP contribution >= 0.6 is 0 Å². The van der Waals surface area contributed by atoms with Crippen LogP contribution in [0.1, 0.15) is 30.4 Å². The number of anilines is 1. The Bertz CT molecular complexity index is 465. The highest BCUT2D eigenvalue weighted by molar-refractivity contribution is 5.99. The van der Waals surface area contributed by atoms with Crippen LogP contribution in [0.4, 0.5) is 5.69 Å². The number of aryl methyl sites for hydroxylation is 1. The monoisotopic (exact) mass is 234 g/mol. The van der Waals surface area contributed by atoms with Gasteiger partial charge in [-0.3, -0.25) is 4.79 Å². The number of hydrogen-bond acceptors (Lipinski definition) is 3. The number of nitrogens with two attached hydrogens (primary N) is 1. The molecule has 92 valence electrons. The summed E-state index contributed by atoms with van der Waals surface area (Å²) in [7, 11) is 0. The molecule has 0 bridgehead atoms. The topological polar surface area (TPSA) is 75.4 Å². The molecule has 1 aromatic rings. The second-order valence-electron chi connectivity index (χ2n) is 4.87. The highest BCUT2D eigenvalue weighted by Gasteiger charge is 2.40. The number of benzene rings is 1. The van der Waals surface area contributed by atoms with Gasteiger partial charge < -0.3 is 16.2 Å². The predicted molar refractivity (Wildman–Crippen MR) is 67.0 cm³/mol. The molecule has 1 aliphatic rings. The molecular formula is C13H18N2O2. The van der Waals surface area contributed by atoms with Crippen LogP contribution in [0.5, 0.6) is 5.75 Å². The van der Waals surface area contributed by atoms with Gasteiger partial charge >= 0.3 is 0 Å². The van der Waals surface area contributed by atoms with E-state index < -0.39 is 5.54 Å². The van der Waals surface area contributed by atoms with Gasteiger partial charge in [-0.05, 0) is 44.7 Å². The van der Waals surface area contributed by atoms with Crippen molar-refractivity contribution >= 4 is 11.6 Å². The van der Waals surface area contributed by atoms with E-state index in [1.54, 1.807) is 19.1 Å². The van der Waals surface area contributed by atoms with Gasteiger partial charge in [-0.1, -0.05) is 6.07 Å². The molecule has 0 saturated heterocycles. The SMILES string of the molecule is Cc1ccc(NC(=O)C2(N)CCC2)c(C)c1O. The van der Waals surface area contributed by atoms with Crippen LogP contribution in [-0.4, -0.2) is 16.6 Å². The smallest absolute Gasteiger partial charge is 0.244 e. The average molecular weight is 234 g/mol.